The molecule has 1 aromatic carbocycles. The van der Waals surface area contributed by atoms with Gasteiger partial charge in [-0.25, -0.2) is 0 Å². The van der Waals surface area contributed by atoms with Gasteiger partial charge in [-0.15, -0.1) is 0 Å². The third-order valence-electron chi connectivity index (χ3n) is 2.78. The molecule has 0 saturated heterocycles. The summed E-state index contributed by atoms with van der Waals surface area (Å²) >= 11 is 0. The number of nitrogens with one attached hydrogen (secondary N) is 1. The SMILES string of the molecule is CC(=O)c1ccccc1NC(=O)c1ncccc1C. The van der Waals surface area contributed by atoms with Gasteiger partial charge in [-0.1, -0.05) is 18.2 Å². The highest BCUT2D eigenvalue weighted by Crippen LogP contribution is 2.17. The first-order chi connectivity index (χ1) is 9.09. The smallest absolute Gasteiger partial charge is 0.274 e. The van der Waals surface area contributed by atoms with Gasteiger partial charge in [0.2, 0.25) is 0 Å². The van der Waals surface area contributed by atoms with Gasteiger partial charge in [0.25, 0.3) is 5.91 Å². The highest BCUT2D eigenvalue weighted by atomic mass is 16.2. The molecule has 19 heavy (non-hydrogen) atoms. The molecule has 1 N–H and O–H groups in total. The van der Waals surface area contributed by atoms with Crippen LogP contribution in [0, 0.1) is 6.92 Å². The van der Waals surface area contributed by atoms with Crippen molar-refractivity contribution >= 4 is 17.4 Å². The fraction of sp³-hybridized carbons (Fsp3) is 0.133. The Hall–Kier alpha value is -2.49. The minimum Gasteiger partial charge on any atom is -0.320 e. The van der Waals surface area contributed by atoms with Crippen LogP contribution in [0.3, 0.4) is 0 Å². The number of aromatic nitrogens is 1. The molecule has 2 aromatic rings. The lowest BCUT2D eigenvalue weighted by atomic mass is 10.1. The maximum Gasteiger partial charge on any atom is 0.274 e. The molecule has 2 rings (SSSR count). The molecule has 1 heterocycles. The second-order valence-electron chi connectivity index (χ2n) is 4.22. The number of aryl methyl sites for hydroxylation is 1. The van der Waals surface area contributed by atoms with E-state index >= 15 is 0 Å². The third kappa shape index (κ3) is 2.85. The van der Waals surface area contributed by atoms with Gasteiger partial charge in [0.1, 0.15) is 5.69 Å². The molecule has 0 unspecified atom stereocenters. The van der Waals surface area contributed by atoms with Crippen molar-refractivity contribution in [3.05, 3.63) is 59.4 Å². The molecule has 0 aliphatic carbocycles. The number of amides is 1. The summed E-state index contributed by atoms with van der Waals surface area (Å²) in [6.07, 6.45) is 1.57. The Morgan fingerprint density at radius 1 is 1.11 bits per heavy atom. The van der Waals surface area contributed by atoms with Crippen LogP contribution in [-0.2, 0) is 0 Å². The van der Waals surface area contributed by atoms with Crippen LogP contribution in [0.4, 0.5) is 5.69 Å². The summed E-state index contributed by atoms with van der Waals surface area (Å²) in [6.45, 7) is 3.29. The van der Waals surface area contributed by atoms with Crippen molar-refractivity contribution < 1.29 is 9.59 Å². The van der Waals surface area contributed by atoms with Gasteiger partial charge < -0.3 is 5.32 Å². The van der Waals surface area contributed by atoms with E-state index in [9.17, 15) is 9.59 Å². The minimum atomic E-state index is -0.313. The lowest BCUT2D eigenvalue weighted by Crippen LogP contribution is -2.16. The molecule has 0 radical (unpaired) electrons. The Kier molecular flexibility index (Phi) is 3.71. The Labute approximate surface area is 111 Å². The van der Waals surface area contributed by atoms with E-state index in [-0.39, 0.29) is 11.7 Å². The quantitative estimate of drug-likeness (QED) is 0.857. The summed E-state index contributed by atoms with van der Waals surface area (Å²) in [5, 5.41) is 2.73. The molecule has 0 bridgehead atoms. The number of anilines is 1. The Balaban J connectivity index is 2.30. The van der Waals surface area contributed by atoms with Crippen LogP contribution in [0.25, 0.3) is 0 Å². The highest BCUT2D eigenvalue weighted by Gasteiger charge is 2.13. The van der Waals surface area contributed by atoms with E-state index in [0.29, 0.717) is 16.9 Å². The standard InChI is InChI=1S/C15H14N2O2/c1-10-6-5-9-16-14(10)15(19)17-13-8-4-3-7-12(13)11(2)18/h3-9H,1-2H3,(H,17,19). The van der Waals surface area contributed by atoms with E-state index in [4.69, 9.17) is 0 Å². The topological polar surface area (TPSA) is 59.1 Å². The Bertz CT molecular complexity index is 636. The number of rotatable bonds is 3. The Morgan fingerprint density at radius 2 is 1.84 bits per heavy atom. The minimum absolute atomic E-state index is 0.0892. The van der Waals surface area contributed by atoms with Gasteiger partial charge in [-0.3, -0.25) is 14.6 Å². The van der Waals surface area contributed by atoms with Crippen molar-refractivity contribution in [2.24, 2.45) is 0 Å². The fourth-order valence-corrected chi connectivity index (χ4v) is 1.80. The van der Waals surface area contributed by atoms with Crippen LogP contribution in [-0.4, -0.2) is 16.7 Å². The first-order valence-corrected chi connectivity index (χ1v) is 5.92. The van der Waals surface area contributed by atoms with E-state index in [0.717, 1.165) is 5.56 Å². The number of carbonyl (C=O) groups is 2. The van der Waals surface area contributed by atoms with Gasteiger partial charge in [-0.2, -0.15) is 0 Å². The lowest BCUT2D eigenvalue weighted by Gasteiger charge is -2.09. The predicted molar refractivity (Wildman–Crippen MR) is 73.4 cm³/mol. The highest BCUT2D eigenvalue weighted by molar-refractivity contribution is 6.08. The average Bonchev–Trinajstić information content (AvgIpc) is 2.39. The van der Waals surface area contributed by atoms with Crippen molar-refractivity contribution in [3.8, 4) is 0 Å². The second-order valence-corrected chi connectivity index (χ2v) is 4.22. The molecule has 0 saturated carbocycles. The molecule has 0 atom stereocenters. The number of pyridine rings is 1. The van der Waals surface area contributed by atoms with Crippen molar-refractivity contribution in [2.45, 2.75) is 13.8 Å². The zero-order valence-corrected chi connectivity index (χ0v) is 10.8. The normalized spacial score (nSPS) is 10.0. The molecule has 0 aliphatic heterocycles. The Morgan fingerprint density at radius 3 is 2.53 bits per heavy atom. The summed E-state index contributed by atoms with van der Waals surface area (Å²) in [5.74, 6) is -0.402. The van der Waals surface area contributed by atoms with Crippen molar-refractivity contribution in [2.75, 3.05) is 5.32 Å². The van der Waals surface area contributed by atoms with Gasteiger partial charge in [0, 0.05) is 11.8 Å². The van der Waals surface area contributed by atoms with Gasteiger partial charge in [0.05, 0.1) is 5.69 Å². The largest absolute Gasteiger partial charge is 0.320 e. The van der Waals surface area contributed by atoms with Gasteiger partial charge >= 0.3 is 0 Å². The van der Waals surface area contributed by atoms with Crippen molar-refractivity contribution in [1.29, 1.82) is 0 Å². The zero-order valence-electron chi connectivity index (χ0n) is 10.8. The number of nitrogens with zero attached hydrogens (tertiary/aromatic N) is 1. The molecule has 1 amide bonds. The summed E-state index contributed by atoms with van der Waals surface area (Å²) in [7, 11) is 0. The molecule has 0 aliphatic rings. The maximum atomic E-state index is 12.1. The summed E-state index contributed by atoms with van der Waals surface area (Å²) in [5.41, 5.74) is 2.15. The van der Waals surface area contributed by atoms with E-state index in [1.165, 1.54) is 6.92 Å². The van der Waals surface area contributed by atoms with Crippen molar-refractivity contribution in [1.82, 2.24) is 4.98 Å². The van der Waals surface area contributed by atoms with Crippen LogP contribution < -0.4 is 5.32 Å². The molecular formula is C15H14N2O2. The number of para-hydroxylation sites is 1. The van der Waals surface area contributed by atoms with Crippen molar-refractivity contribution in [3.63, 3.8) is 0 Å². The van der Waals surface area contributed by atoms with Gasteiger partial charge in [-0.05, 0) is 37.6 Å². The monoisotopic (exact) mass is 254 g/mol. The zero-order chi connectivity index (χ0) is 13.8. The summed E-state index contributed by atoms with van der Waals surface area (Å²) < 4.78 is 0. The van der Waals surface area contributed by atoms with E-state index < -0.39 is 0 Å². The second kappa shape index (κ2) is 5.44. The van der Waals surface area contributed by atoms with Gasteiger partial charge in [0.15, 0.2) is 5.78 Å². The third-order valence-corrected chi connectivity index (χ3v) is 2.78. The molecular weight excluding hydrogens is 240 g/mol. The predicted octanol–water partition coefficient (Wildman–Crippen LogP) is 2.84. The molecule has 0 fully saturated rings. The van der Waals surface area contributed by atoms with Crippen LogP contribution in [0.15, 0.2) is 42.6 Å². The lowest BCUT2D eigenvalue weighted by molar-refractivity contribution is 0.101. The number of hydrogen-bond acceptors (Lipinski definition) is 3. The number of ketones is 1. The number of Topliss-reactive ketones (excluding diaryl/α,β-unsaturated/α-hetero) is 1. The maximum absolute atomic E-state index is 12.1. The van der Waals surface area contributed by atoms with Crippen LogP contribution >= 0.6 is 0 Å². The molecule has 96 valence electrons. The molecule has 4 nitrogen and oxygen atoms in total. The number of hydrogen-bond donors (Lipinski definition) is 1. The molecule has 4 heteroatoms. The average molecular weight is 254 g/mol. The van der Waals surface area contributed by atoms with Crippen LogP contribution in [0.1, 0.15) is 33.3 Å². The van der Waals surface area contributed by atoms with E-state index in [2.05, 4.69) is 10.3 Å². The summed E-state index contributed by atoms with van der Waals surface area (Å²) in [4.78, 5) is 27.7. The molecule has 1 aromatic heterocycles. The van der Waals surface area contributed by atoms with E-state index in [1.54, 1.807) is 36.5 Å². The number of benzene rings is 1. The van der Waals surface area contributed by atoms with E-state index in [1.807, 2.05) is 13.0 Å². The first kappa shape index (κ1) is 13.0. The van der Waals surface area contributed by atoms with Crippen LogP contribution in [0.2, 0.25) is 0 Å². The van der Waals surface area contributed by atoms with Crippen LogP contribution in [0.5, 0.6) is 0 Å². The fourth-order valence-electron chi connectivity index (χ4n) is 1.80. The molecule has 0 spiro atoms. The summed E-state index contributed by atoms with van der Waals surface area (Å²) in [6, 6.07) is 10.5. The first-order valence-electron chi connectivity index (χ1n) is 5.92. The number of carbonyl (C=O) groups excluding carboxylic acids is 2.